The lowest BCUT2D eigenvalue weighted by molar-refractivity contribution is -0.231. The van der Waals surface area contributed by atoms with Gasteiger partial charge < -0.3 is 18.9 Å². The summed E-state index contributed by atoms with van der Waals surface area (Å²) in [6.07, 6.45) is 0.823. The Bertz CT molecular complexity index is 281. The van der Waals surface area contributed by atoms with Gasteiger partial charge in [0.25, 0.3) is 0 Å². The topological polar surface area (TPSA) is 101 Å². The van der Waals surface area contributed by atoms with Gasteiger partial charge in [-0.05, 0) is 40.5 Å². The van der Waals surface area contributed by atoms with Crippen LogP contribution in [0.5, 0.6) is 0 Å². The van der Waals surface area contributed by atoms with Crippen molar-refractivity contribution in [3.63, 3.8) is 0 Å². The lowest BCUT2D eigenvalue weighted by Crippen LogP contribution is -2.76. The minimum Gasteiger partial charge on any atom is -0.373 e. The van der Waals surface area contributed by atoms with Gasteiger partial charge in [-0.25, -0.2) is 5.32 Å². The van der Waals surface area contributed by atoms with Crippen LogP contribution in [0.2, 0.25) is 0 Å². The summed E-state index contributed by atoms with van der Waals surface area (Å²) in [4.78, 5) is 0. The molecular weight excluding hydrogens is 298 g/mol. The zero-order chi connectivity index (χ0) is 17.9. The first-order valence-corrected chi connectivity index (χ1v) is 8.67. The van der Waals surface area contributed by atoms with Crippen LogP contribution in [-0.4, -0.2) is 50.3 Å². The molecule has 7 nitrogen and oxygen atoms in total. The van der Waals surface area contributed by atoms with E-state index in [1.807, 2.05) is 41.5 Å². The summed E-state index contributed by atoms with van der Waals surface area (Å²) in [6, 6.07) is 0. The van der Waals surface area contributed by atoms with Crippen molar-refractivity contribution in [3.05, 3.63) is 0 Å². The highest BCUT2D eigenvalue weighted by Crippen LogP contribution is 2.19. The molecule has 7 heteroatoms. The fraction of sp³-hybridized carbons (Fsp3) is 1.00. The second kappa shape index (κ2) is 11.3. The SMILES string of the molecule is CCCOC(N)(NC(N)(OCCC)C(C)OCC)C(C)OCC. The van der Waals surface area contributed by atoms with E-state index in [0.717, 1.165) is 12.8 Å². The van der Waals surface area contributed by atoms with Gasteiger partial charge in [-0.15, -0.1) is 0 Å². The molecule has 4 atom stereocenters. The van der Waals surface area contributed by atoms with Crippen molar-refractivity contribution in [3.8, 4) is 0 Å². The molecule has 0 aliphatic carbocycles. The van der Waals surface area contributed by atoms with E-state index in [1.165, 1.54) is 0 Å². The predicted molar refractivity (Wildman–Crippen MR) is 91.6 cm³/mol. The van der Waals surface area contributed by atoms with Crippen molar-refractivity contribution in [2.45, 2.75) is 78.3 Å². The highest BCUT2D eigenvalue weighted by Gasteiger charge is 2.45. The van der Waals surface area contributed by atoms with E-state index in [2.05, 4.69) is 5.32 Å². The third-order valence-electron chi connectivity index (χ3n) is 3.52. The number of hydrogen-bond acceptors (Lipinski definition) is 7. The fourth-order valence-corrected chi connectivity index (χ4v) is 2.10. The summed E-state index contributed by atoms with van der Waals surface area (Å²) in [7, 11) is 0. The molecule has 23 heavy (non-hydrogen) atoms. The molecular formula is C16H37N3O4. The zero-order valence-corrected chi connectivity index (χ0v) is 15.7. The first kappa shape index (κ1) is 22.7. The molecule has 0 saturated heterocycles. The molecule has 0 aliphatic rings. The van der Waals surface area contributed by atoms with E-state index < -0.39 is 23.9 Å². The largest absolute Gasteiger partial charge is 0.373 e. The molecule has 0 amide bonds. The van der Waals surface area contributed by atoms with Crippen molar-refractivity contribution >= 4 is 0 Å². The summed E-state index contributed by atoms with van der Waals surface area (Å²) in [5, 5.41) is 3.11. The Kier molecular flexibility index (Phi) is 11.2. The second-order valence-corrected chi connectivity index (χ2v) is 5.60. The molecule has 140 valence electrons. The van der Waals surface area contributed by atoms with Gasteiger partial charge in [0.15, 0.2) is 0 Å². The molecule has 0 bridgehead atoms. The van der Waals surface area contributed by atoms with Gasteiger partial charge in [0, 0.05) is 13.2 Å². The molecule has 4 unspecified atom stereocenters. The van der Waals surface area contributed by atoms with Crippen LogP contribution in [-0.2, 0) is 18.9 Å². The number of hydrogen-bond donors (Lipinski definition) is 3. The average Bonchev–Trinajstić information content (AvgIpc) is 2.51. The molecule has 5 N–H and O–H groups in total. The second-order valence-electron chi connectivity index (χ2n) is 5.60. The standard InChI is InChI=1S/C16H37N3O4/c1-7-11-22-15(17,13(5)20-9-3)19-16(18,23-12-8-2)14(6)21-10-4/h13-14,19H,7-12,17-18H2,1-6H3. The molecule has 0 heterocycles. The van der Waals surface area contributed by atoms with Gasteiger partial charge in [-0.1, -0.05) is 13.8 Å². The van der Waals surface area contributed by atoms with Gasteiger partial charge in [0.05, 0.1) is 13.2 Å². The Morgan fingerprint density at radius 1 is 0.783 bits per heavy atom. The summed E-state index contributed by atoms with van der Waals surface area (Å²) < 4.78 is 22.9. The highest BCUT2D eigenvalue weighted by atomic mass is 16.6. The Morgan fingerprint density at radius 2 is 1.13 bits per heavy atom. The maximum atomic E-state index is 6.43. The molecule has 0 aromatic carbocycles. The van der Waals surface area contributed by atoms with Crippen LogP contribution >= 0.6 is 0 Å². The molecule has 0 aromatic rings. The lowest BCUT2D eigenvalue weighted by atomic mass is 10.1. The Hall–Kier alpha value is -0.280. The normalized spacial score (nSPS) is 19.8. The molecule has 0 saturated carbocycles. The van der Waals surface area contributed by atoms with E-state index in [1.54, 1.807) is 0 Å². The van der Waals surface area contributed by atoms with Crippen LogP contribution in [0.15, 0.2) is 0 Å². The zero-order valence-electron chi connectivity index (χ0n) is 15.7. The van der Waals surface area contributed by atoms with Crippen LogP contribution in [0.4, 0.5) is 0 Å². The van der Waals surface area contributed by atoms with Gasteiger partial charge in [-0.2, -0.15) is 0 Å². The minimum atomic E-state index is -1.28. The quantitative estimate of drug-likeness (QED) is 0.414. The first-order valence-electron chi connectivity index (χ1n) is 8.67. The van der Waals surface area contributed by atoms with Gasteiger partial charge in [0.2, 0.25) is 11.7 Å². The summed E-state index contributed by atoms with van der Waals surface area (Å²) >= 11 is 0. The van der Waals surface area contributed by atoms with E-state index in [-0.39, 0.29) is 0 Å². The molecule has 0 aromatic heterocycles. The van der Waals surface area contributed by atoms with E-state index in [9.17, 15) is 0 Å². The third kappa shape index (κ3) is 7.43. The number of nitrogens with two attached hydrogens (primary N) is 2. The third-order valence-corrected chi connectivity index (χ3v) is 3.52. The van der Waals surface area contributed by atoms with E-state index >= 15 is 0 Å². The van der Waals surface area contributed by atoms with Crippen molar-refractivity contribution in [2.75, 3.05) is 26.4 Å². The Morgan fingerprint density at radius 3 is 1.39 bits per heavy atom. The predicted octanol–water partition coefficient (Wildman–Crippen LogP) is 1.50. The van der Waals surface area contributed by atoms with Crippen molar-refractivity contribution in [2.24, 2.45) is 11.5 Å². The molecule has 0 aliphatic heterocycles. The van der Waals surface area contributed by atoms with Gasteiger partial charge in [0.1, 0.15) is 12.2 Å². The monoisotopic (exact) mass is 335 g/mol. The van der Waals surface area contributed by atoms with E-state index in [0.29, 0.717) is 26.4 Å². The summed E-state index contributed by atoms with van der Waals surface area (Å²) in [5.41, 5.74) is 12.9. The number of rotatable bonds is 14. The van der Waals surface area contributed by atoms with E-state index in [4.69, 9.17) is 30.4 Å². The van der Waals surface area contributed by atoms with Crippen LogP contribution in [0.25, 0.3) is 0 Å². The number of ether oxygens (including phenoxy) is 4. The lowest BCUT2D eigenvalue weighted by Gasteiger charge is -2.45. The Labute approximate surface area is 141 Å². The van der Waals surface area contributed by atoms with Crippen LogP contribution in [0.1, 0.15) is 54.4 Å². The fourth-order valence-electron chi connectivity index (χ4n) is 2.10. The molecule has 0 radical (unpaired) electrons. The summed E-state index contributed by atoms with van der Waals surface area (Å²) in [5.74, 6) is -2.56. The highest BCUT2D eigenvalue weighted by molar-refractivity contribution is 4.89. The maximum absolute atomic E-state index is 6.43. The molecule has 0 rings (SSSR count). The van der Waals surface area contributed by atoms with Crippen molar-refractivity contribution < 1.29 is 18.9 Å². The van der Waals surface area contributed by atoms with Gasteiger partial charge >= 0.3 is 0 Å². The maximum Gasteiger partial charge on any atom is 0.202 e. The number of nitrogens with one attached hydrogen (secondary N) is 1. The first-order chi connectivity index (χ1) is 10.8. The van der Waals surface area contributed by atoms with Crippen molar-refractivity contribution in [1.29, 1.82) is 0 Å². The average molecular weight is 335 g/mol. The summed E-state index contributed by atoms with van der Waals surface area (Å²) in [6.45, 7) is 13.5. The van der Waals surface area contributed by atoms with Crippen LogP contribution < -0.4 is 16.8 Å². The minimum absolute atomic E-state index is 0.416. The smallest absolute Gasteiger partial charge is 0.202 e. The molecule has 0 spiro atoms. The molecule has 0 fully saturated rings. The van der Waals surface area contributed by atoms with Crippen LogP contribution in [0.3, 0.4) is 0 Å². The Balaban J connectivity index is 5.30. The van der Waals surface area contributed by atoms with Crippen molar-refractivity contribution in [1.82, 2.24) is 5.32 Å². The van der Waals surface area contributed by atoms with Crippen LogP contribution in [0, 0.1) is 0 Å². The van der Waals surface area contributed by atoms with Gasteiger partial charge in [-0.3, -0.25) is 11.5 Å².